The van der Waals surface area contributed by atoms with Gasteiger partial charge in [0, 0.05) is 23.2 Å². The molecule has 1 amide bonds. The highest BCUT2D eigenvalue weighted by molar-refractivity contribution is 7.14. The number of hydrogen-bond acceptors (Lipinski definition) is 4. The second-order valence-corrected chi connectivity index (χ2v) is 6.96. The van der Waals surface area contributed by atoms with Gasteiger partial charge in [-0.05, 0) is 24.5 Å². The largest absolute Gasteiger partial charge is 0.362 e. The van der Waals surface area contributed by atoms with Crippen molar-refractivity contribution in [3.05, 3.63) is 65.5 Å². The van der Waals surface area contributed by atoms with E-state index in [0.717, 1.165) is 30.6 Å². The van der Waals surface area contributed by atoms with Crippen LogP contribution in [0.15, 0.2) is 60.0 Å². The molecule has 4 nitrogen and oxygen atoms in total. The number of rotatable bonds is 4. The number of thiazole rings is 1. The smallest absolute Gasteiger partial charge is 0.245 e. The van der Waals surface area contributed by atoms with Crippen molar-refractivity contribution >= 4 is 28.1 Å². The van der Waals surface area contributed by atoms with Crippen LogP contribution in [0.3, 0.4) is 0 Å². The topological polar surface area (TPSA) is 45.2 Å². The third-order valence-corrected chi connectivity index (χ3v) is 5.12. The average Bonchev–Trinajstić information content (AvgIpc) is 3.11. The second-order valence-electron chi connectivity index (χ2n) is 6.11. The Labute approximate surface area is 151 Å². The number of benzene rings is 2. The molecule has 0 unspecified atom stereocenters. The van der Waals surface area contributed by atoms with Gasteiger partial charge in [0.25, 0.3) is 0 Å². The van der Waals surface area contributed by atoms with Crippen LogP contribution in [0.2, 0.25) is 0 Å². The fourth-order valence-corrected chi connectivity index (χ4v) is 3.92. The van der Waals surface area contributed by atoms with Crippen molar-refractivity contribution in [1.29, 1.82) is 0 Å². The van der Waals surface area contributed by atoms with Crippen LogP contribution in [0.4, 0.5) is 10.8 Å². The maximum Gasteiger partial charge on any atom is 0.245 e. The van der Waals surface area contributed by atoms with Gasteiger partial charge in [-0.3, -0.25) is 4.79 Å². The van der Waals surface area contributed by atoms with E-state index in [0.29, 0.717) is 11.7 Å². The van der Waals surface area contributed by atoms with E-state index in [9.17, 15) is 4.79 Å². The number of aryl methyl sites for hydroxylation is 1. The molecule has 2 heterocycles. The quantitative estimate of drug-likeness (QED) is 0.768. The molecule has 4 rings (SSSR count). The number of aromatic nitrogens is 1. The Kier molecular flexibility index (Phi) is 4.48. The van der Waals surface area contributed by atoms with Gasteiger partial charge < -0.3 is 10.2 Å². The number of anilines is 2. The van der Waals surface area contributed by atoms with E-state index in [1.807, 2.05) is 41.8 Å². The normalized spacial score (nSPS) is 13.4. The van der Waals surface area contributed by atoms with Crippen LogP contribution >= 0.6 is 11.3 Å². The number of hydrogen-bond donors (Lipinski definition) is 1. The average molecular weight is 349 g/mol. The highest BCUT2D eigenvalue weighted by atomic mass is 32.1. The van der Waals surface area contributed by atoms with Gasteiger partial charge in [0.05, 0.1) is 12.2 Å². The van der Waals surface area contributed by atoms with E-state index in [-0.39, 0.29) is 5.91 Å². The molecule has 126 valence electrons. The van der Waals surface area contributed by atoms with Gasteiger partial charge in [0.2, 0.25) is 5.91 Å². The van der Waals surface area contributed by atoms with Crippen molar-refractivity contribution in [3.8, 4) is 11.3 Å². The Bertz CT molecular complexity index is 875. The summed E-state index contributed by atoms with van der Waals surface area (Å²) in [7, 11) is 0. The number of carbonyl (C=O) groups excluding carboxylic acids is 1. The Morgan fingerprint density at radius 3 is 2.80 bits per heavy atom. The molecule has 1 aromatic heterocycles. The molecule has 0 atom stereocenters. The van der Waals surface area contributed by atoms with E-state index in [1.165, 1.54) is 22.6 Å². The zero-order valence-corrected chi connectivity index (χ0v) is 14.6. The van der Waals surface area contributed by atoms with Crippen molar-refractivity contribution < 1.29 is 4.79 Å². The Balaban J connectivity index is 1.43. The summed E-state index contributed by atoms with van der Waals surface area (Å²) in [6, 6.07) is 18.3. The fraction of sp³-hybridized carbons (Fsp3) is 0.200. The summed E-state index contributed by atoms with van der Waals surface area (Å²) in [6.45, 7) is 1.27. The fourth-order valence-electron chi connectivity index (χ4n) is 3.18. The maximum absolute atomic E-state index is 12.5. The number of fused-ring (bicyclic) bond motifs is 1. The van der Waals surface area contributed by atoms with Gasteiger partial charge in [0.1, 0.15) is 0 Å². The lowest BCUT2D eigenvalue weighted by Gasteiger charge is -2.30. The van der Waals surface area contributed by atoms with Crippen molar-refractivity contribution in [2.24, 2.45) is 0 Å². The van der Waals surface area contributed by atoms with Crippen LogP contribution in [0.5, 0.6) is 0 Å². The van der Waals surface area contributed by atoms with E-state index in [1.54, 1.807) is 0 Å². The SMILES string of the molecule is O=C(CN1CCCc2ccccc21)Nc1nc(-c2ccccc2)cs1. The number of amides is 1. The number of para-hydroxylation sites is 1. The molecule has 0 bridgehead atoms. The first-order valence-corrected chi connectivity index (χ1v) is 9.31. The standard InChI is InChI=1S/C20H19N3OS/c24-19(13-23-12-6-10-16-9-4-5-11-18(16)23)22-20-21-17(14-25-20)15-7-2-1-3-8-15/h1-5,7-9,11,14H,6,10,12-13H2,(H,21,22,24). The van der Waals surface area contributed by atoms with E-state index in [4.69, 9.17) is 0 Å². The van der Waals surface area contributed by atoms with Crippen LogP contribution in [0.1, 0.15) is 12.0 Å². The Morgan fingerprint density at radius 2 is 1.92 bits per heavy atom. The Morgan fingerprint density at radius 1 is 1.12 bits per heavy atom. The molecule has 5 heteroatoms. The van der Waals surface area contributed by atoms with Gasteiger partial charge in [-0.25, -0.2) is 4.98 Å². The van der Waals surface area contributed by atoms with Crippen molar-refractivity contribution in [2.75, 3.05) is 23.3 Å². The molecule has 0 aliphatic carbocycles. The zero-order valence-electron chi connectivity index (χ0n) is 13.8. The molecular weight excluding hydrogens is 330 g/mol. The van der Waals surface area contributed by atoms with Crippen molar-refractivity contribution in [3.63, 3.8) is 0 Å². The summed E-state index contributed by atoms with van der Waals surface area (Å²) in [6.07, 6.45) is 2.17. The molecule has 0 spiro atoms. The molecular formula is C20H19N3OS. The maximum atomic E-state index is 12.5. The number of nitrogens with zero attached hydrogens (tertiary/aromatic N) is 2. The predicted molar refractivity (Wildman–Crippen MR) is 103 cm³/mol. The molecule has 25 heavy (non-hydrogen) atoms. The van der Waals surface area contributed by atoms with E-state index >= 15 is 0 Å². The molecule has 0 saturated heterocycles. The molecule has 3 aromatic rings. The van der Waals surface area contributed by atoms with Crippen molar-refractivity contribution in [1.82, 2.24) is 4.98 Å². The summed E-state index contributed by atoms with van der Waals surface area (Å²) in [5.41, 5.74) is 4.45. The third-order valence-electron chi connectivity index (χ3n) is 4.36. The highest BCUT2D eigenvalue weighted by Crippen LogP contribution is 2.27. The molecule has 1 aliphatic rings. The summed E-state index contributed by atoms with van der Waals surface area (Å²) >= 11 is 1.46. The predicted octanol–water partition coefficient (Wildman–Crippen LogP) is 4.20. The minimum Gasteiger partial charge on any atom is -0.362 e. The summed E-state index contributed by atoms with van der Waals surface area (Å²) in [5.74, 6) is -0.0225. The number of nitrogens with one attached hydrogen (secondary N) is 1. The molecule has 1 aliphatic heterocycles. The first-order chi connectivity index (χ1) is 12.3. The van der Waals surface area contributed by atoms with Gasteiger partial charge in [0.15, 0.2) is 5.13 Å². The molecule has 0 radical (unpaired) electrons. The third kappa shape index (κ3) is 3.56. The second kappa shape index (κ2) is 7.07. The van der Waals surface area contributed by atoms with E-state index in [2.05, 4.69) is 33.4 Å². The monoisotopic (exact) mass is 349 g/mol. The van der Waals surface area contributed by atoms with Gasteiger partial charge in [-0.15, -0.1) is 11.3 Å². The molecule has 0 saturated carbocycles. The molecule has 1 N–H and O–H groups in total. The van der Waals surface area contributed by atoms with Crippen LogP contribution in [-0.4, -0.2) is 24.0 Å². The minimum atomic E-state index is -0.0225. The van der Waals surface area contributed by atoms with E-state index < -0.39 is 0 Å². The highest BCUT2D eigenvalue weighted by Gasteiger charge is 2.19. The minimum absolute atomic E-state index is 0.0225. The number of carbonyl (C=O) groups is 1. The summed E-state index contributed by atoms with van der Waals surface area (Å²) in [5, 5.41) is 5.56. The Hall–Kier alpha value is -2.66. The first-order valence-electron chi connectivity index (χ1n) is 8.43. The summed E-state index contributed by atoms with van der Waals surface area (Å²) < 4.78 is 0. The molecule has 0 fully saturated rings. The van der Waals surface area contributed by atoms with Gasteiger partial charge in [-0.2, -0.15) is 0 Å². The van der Waals surface area contributed by atoms with Gasteiger partial charge >= 0.3 is 0 Å². The first kappa shape index (κ1) is 15.8. The lowest BCUT2D eigenvalue weighted by Crippen LogP contribution is -2.36. The van der Waals surface area contributed by atoms with Crippen LogP contribution < -0.4 is 10.2 Å². The van der Waals surface area contributed by atoms with Crippen LogP contribution in [-0.2, 0) is 11.2 Å². The molecule has 2 aromatic carbocycles. The lowest BCUT2D eigenvalue weighted by atomic mass is 10.0. The lowest BCUT2D eigenvalue weighted by molar-refractivity contribution is -0.115. The summed E-state index contributed by atoms with van der Waals surface area (Å²) in [4.78, 5) is 19.1. The van der Waals surface area contributed by atoms with Crippen LogP contribution in [0, 0.1) is 0 Å². The zero-order chi connectivity index (χ0) is 17.1. The van der Waals surface area contributed by atoms with Crippen molar-refractivity contribution in [2.45, 2.75) is 12.8 Å². The van der Waals surface area contributed by atoms with Crippen LogP contribution in [0.25, 0.3) is 11.3 Å². The van der Waals surface area contributed by atoms with Gasteiger partial charge in [-0.1, -0.05) is 48.5 Å².